The van der Waals surface area contributed by atoms with Crippen molar-refractivity contribution in [2.75, 3.05) is 0 Å². The van der Waals surface area contributed by atoms with Crippen LogP contribution in [0.4, 0.5) is 0 Å². The van der Waals surface area contributed by atoms with Gasteiger partial charge >= 0.3 is 0 Å². The van der Waals surface area contributed by atoms with E-state index in [0.717, 1.165) is 15.5 Å². The number of rotatable bonds is 3. The maximum Gasteiger partial charge on any atom is 0.287 e. The highest BCUT2D eigenvalue weighted by atomic mass is 79.9. The summed E-state index contributed by atoms with van der Waals surface area (Å²) in [7, 11) is 0. The van der Waals surface area contributed by atoms with Crippen LogP contribution < -0.4 is 5.43 Å². The van der Waals surface area contributed by atoms with Gasteiger partial charge in [-0.15, -0.1) is 0 Å². The van der Waals surface area contributed by atoms with Crippen LogP contribution >= 0.6 is 15.9 Å². The highest BCUT2D eigenvalue weighted by Crippen LogP contribution is 2.10. The summed E-state index contributed by atoms with van der Waals surface area (Å²) in [5, 5.41) is 3.87. The molecule has 0 aliphatic rings. The van der Waals surface area contributed by atoms with Gasteiger partial charge < -0.3 is 4.98 Å². The zero-order valence-corrected chi connectivity index (χ0v) is 12.3. The highest BCUT2D eigenvalue weighted by molar-refractivity contribution is 9.10. The van der Waals surface area contributed by atoms with E-state index in [1.807, 2.05) is 24.3 Å². The Morgan fingerprint density at radius 1 is 1.33 bits per heavy atom. The van der Waals surface area contributed by atoms with Gasteiger partial charge in [0.2, 0.25) is 0 Å². The van der Waals surface area contributed by atoms with Crippen LogP contribution in [-0.4, -0.2) is 27.1 Å². The Morgan fingerprint density at radius 3 is 2.90 bits per heavy atom. The maximum absolute atomic E-state index is 11.7. The molecule has 2 N–H and O–H groups in total. The molecule has 0 unspecified atom stereocenters. The number of hydrogen-bond acceptors (Lipinski definition) is 4. The van der Waals surface area contributed by atoms with Crippen LogP contribution in [0.25, 0.3) is 11.0 Å². The second-order valence-corrected chi connectivity index (χ2v) is 5.13. The Kier molecular flexibility index (Phi) is 3.74. The van der Waals surface area contributed by atoms with Gasteiger partial charge in [0.05, 0.1) is 23.4 Å². The zero-order chi connectivity index (χ0) is 14.7. The van der Waals surface area contributed by atoms with Crippen molar-refractivity contribution in [3.05, 3.63) is 58.6 Å². The number of carbonyl (C=O) groups is 1. The van der Waals surface area contributed by atoms with E-state index in [0.29, 0.717) is 11.4 Å². The molecule has 104 valence electrons. The van der Waals surface area contributed by atoms with E-state index in [1.165, 1.54) is 6.21 Å². The number of benzene rings is 1. The van der Waals surface area contributed by atoms with E-state index in [2.05, 4.69) is 41.4 Å². The molecule has 0 saturated carbocycles. The number of amides is 1. The Morgan fingerprint density at radius 2 is 2.14 bits per heavy atom. The largest absolute Gasteiger partial charge is 0.356 e. The van der Waals surface area contributed by atoms with E-state index in [9.17, 15) is 4.79 Å². The minimum Gasteiger partial charge on any atom is -0.356 e. The van der Waals surface area contributed by atoms with E-state index >= 15 is 0 Å². The van der Waals surface area contributed by atoms with E-state index in [-0.39, 0.29) is 5.91 Å². The summed E-state index contributed by atoms with van der Waals surface area (Å²) >= 11 is 3.26. The fourth-order valence-electron chi connectivity index (χ4n) is 1.75. The van der Waals surface area contributed by atoms with Gasteiger partial charge in [-0.3, -0.25) is 9.78 Å². The number of nitrogens with one attached hydrogen (secondary N) is 2. The highest BCUT2D eigenvalue weighted by Gasteiger charge is 2.05. The van der Waals surface area contributed by atoms with Crippen molar-refractivity contribution in [2.24, 2.45) is 5.10 Å². The van der Waals surface area contributed by atoms with Gasteiger partial charge in [-0.05, 0) is 34.1 Å². The summed E-state index contributed by atoms with van der Waals surface area (Å²) in [6.07, 6.45) is 4.73. The molecule has 2 aromatic heterocycles. The van der Waals surface area contributed by atoms with E-state index in [1.54, 1.807) is 18.5 Å². The van der Waals surface area contributed by atoms with Crippen molar-refractivity contribution in [1.29, 1.82) is 0 Å². The van der Waals surface area contributed by atoms with Crippen molar-refractivity contribution in [1.82, 2.24) is 20.4 Å². The summed E-state index contributed by atoms with van der Waals surface area (Å²) < 4.78 is 0.803. The molecule has 3 rings (SSSR count). The molecule has 7 heteroatoms. The number of nitrogens with zero attached hydrogens (tertiary/aromatic N) is 3. The van der Waals surface area contributed by atoms with Crippen molar-refractivity contribution in [3.8, 4) is 0 Å². The molecule has 0 bridgehead atoms. The monoisotopic (exact) mass is 343 g/mol. The van der Waals surface area contributed by atoms with Crippen LogP contribution in [0.5, 0.6) is 0 Å². The van der Waals surface area contributed by atoms with Crippen molar-refractivity contribution < 1.29 is 4.79 Å². The van der Waals surface area contributed by atoms with Crippen LogP contribution in [0, 0.1) is 0 Å². The fourth-order valence-corrected chi connectivity index (χ4v) is 2.09. The first-order valence-corrected chi connectivity index (χ1v) is 6.91. The van der Waals surface area contributed by atoms with Crippen LogP contribution in [0.2, 0.25) is 0 Å². The second kappa shape index (κ2) is 5.84. The van der Waals surface area contributed by atoms with Gasteiger partial charge in [-0.1, -0.05) is 12.1 Å². The molecule has 0 spiro atoms. The Labute approximate surface area is 128 Å². The predicted octanol–water partition coefficient (Wildman–Crippen LogP) is 2.48. The minimum absolute atomic E-state index is 0.328. The van der Waals surface area contributed by atoms with Crippen molar-refractivity contribution in [2.45, 2.75) is 0 Å². The Bertz CT molecular complexity index is 827. The van der Waals surface area contributed by atoms with Crippen molar-refractivity contribution in [3.63, 3.8) is 0 Å². The first-order valence-electron chi connectivity index (χ1n) is 6.11. The molecular weight excluding hydrogens is 334 g/mol. The molecule has 3 aromatic rings. The first-order chi connectivity index (χ1) is 10.2. The Hall–Kier alpha value is -2.54. The second-order valence-electron chi connectivity index (χ2n) is 4.21. The summed E-state index contributed by atoms with van der Waals surface area (Å²) in [5.74, 6) is -0.328. The Balaban J connectivity index is 1.71. The van der Waals surface area contributed by atoms with E-state index < -0.39 is 0 Å². The van der Waals surface area contributed by atoms with Gasteiger partial charge in [0.15, 0.2) is 0 Å². The topological polar surface area (TPSA) is 83.0 Å². The summed E-state index contributed by atoms with van der Waals surface area (Å²) in [6.45, 7) is 0. The standard InChI is InChI=1S/C14H10BrN5O/c15-9-5-13(16-6-9)14(21)20-18-8-10-7-17-11-3-1-2-4-12(11)19-10/h1-8,16H,(H,20,21)/b18-8-. The molecule has 0 saturated heterocycles. The lowest BCUT2D eigenvalue weighted by atomic mass is 10.3. The number of H-pyrrole nitrogens is 1. The number of fused-ring (bicyclic) bond motifs is 1. The van der Waals surface area contributed by atoms with Crippen LogP contribution in [0.3, 0.4) is 0 Å². The normalized spacial score (nSPS) is 11.1. The first kappa shape index (κ1) is 13.4. The summed E-state index contributed by atoms with van der Waals surface area (Å²) in [4.78, 5) is 23.2. The molecule has 21 heavy (non-hydrogen) atoms. The molecule has 0 aliphatic heterocycles. The third-order valence-electron chi connectivity index (χ3n) is 2.72. The number of carbonyl (C=O) groups excluding carboxylic acids is 1. The van der Waals surface area contributed by atoms with Gasteiger partial charge in [0.1, 0.15) is 11.4 Å². The summed E-state index contributed by atoms with van der Waals surface area (Å²) in [6, 6.07) is 9.21. The number of hydrazone groups is 1. The fraction of sp³-hybridized carbons (Fsp3) is 0. The number of para-hydroxylation sites is 2. The van der Waals surface area contributed by atoms with Gasteiger partial charge in [0, 0.05) is 10.7 Å². The van der Waals surface area contributed by atoms with E-state index in [4.69, 9.17) is 0 Å². The van der Waals surface area contributed by atoms with Gasteiger partial charge in [-0.2, -0.15) is 5.10 Å². The third kappa shape index (κ3) is 3.14. The molecular formula is C14H10BrN5O. The lowest BCUT2D eigenvalue weighted by Gasteiger charge is -1.98. The lowest BCUT2D eigenvalue weighted by Crippen LogP contribution is -2.17. The molecule has 1 amide bonds. The number of aromatic nitrogens is 3. The minimum atomic E-state index is -0.328. The van der Waals surface area contributed by atoms with Crippen LogP contribution in [-0.2, 0) is 0 Å². The average molecular weight is 344 g/mol. The number of halogens is 1. The molecule has 0 fully saturated rings. The maximum atomic E-state index is 11.7. The zero-order valence-electron chi connectivity index (χ0n) is 10.7. The molecule has 0 radical (unpaired) electrons. The quantitative estimate of drug-likeness (QED) is 0.566. The number of aromatic amines is 1. The lowest BCUT2D eigenvalue weighted by molar-refractivity contribution is 0.0951. The molecule has 0 aliphatic carbocycles. The van der Waals surface area contributed by atoms with Crippen molar-refractivity contribution >= 4 is 39.1 Å². The van der Waals surface area contributed by atoms with Gasteiger partial charge in [-0.25, -0.2) is 10.4 Å². The third-order valence-corrected chi connectivity index (χ3v) is 3.18. The summed E-state index contributed by atoms with van der Waals surface area (Å²) in [5.41, 5.74) is 5.00. The van der Waals surface area contributed by atoms with Crippen LogP contribution in [0.1, 0.15) is 16.2 Å². The smallest absolute Gasteiger partial charge is 0.287 e. The number of hydrogen-bond donors (Lipinski definition) is 2. The predicted molar refractivity (Wildman–Crippen MR) is 83.1 cm³/mol. The molecule has 0 atom stereocenters. The molecule has 2 heterocycles. The average Bonchev–Trinajstić information content (AvgIpc) is 2.94. The van der Waals surface area contributed by atoms with Crippen LogP contribution in [0.15, 0.2) is 52.3 Å². The molecule has 6 nitrogen and oxygen atoms in total. The SMILES string of the molecule is O=C(N/N=C\c1cnc2ccccc2n1)c1cc(Br)c[nH]1. The van der Waals surface area contributed by atoms with Gasteiger partial charge in [0.25, 0.3) is 5.91 Å². The molecule has 1 aromatic carbocycles.